The molecule has 2 aromatic carbocycles. The van der Waals surface area contributed by atoms with Gasteiger partial charge in [-0.25, -0.2) is 0 Å². The summed E-state index contributed by atoms with van der Waals surface area (Å²) >= 11 is 0. The van der Waals surface area contributed by atoms with E-state index in [0.717, 1.165) is 35.6 Å². The SMILES string of the molecule is CCOC(=O)CC(C#N)(CCOC1CCCCO1)c1ccc2ccccc2c1. The topological polar surface area (TPSA) is 68.6 Å². The van der Waals surface area contributed by atoms with E-state index in [1.807, 2.05) is 42.5 Å². The molecule has 5 nitrogen and oxygen atoms in total. The van der Waals surface area contributed by atoms with Gasteiger partial charge in [-0.15, -0.1) is 0 Å². The van der Waals surface area contributed by atoms with Gasteiger partial charge in [0.2, 0.25) is 0 Å². The summed E-state index contributed by atoms with van der Waals surface area (Å²) in [6.07, 6.45) is 3.20. The van der Waals surface area contributed by atoms with E-state index in [1.54, 1.807) is 6.92 Å². The van der Waals surface area contributed by atoms with Gasteiger partial charge in [-0.3, -0.25) is 4.79 Å². The van der Waals surface area contributed by atoms with Crippen molar-refractivity contribution in [2.75, 3.05) is 19.8 Å². The third-order valence-electron chi connectivity index (χ3n) is 5.24. The highest BCUT2D eigenvalue weighted by molar-refractivity contribution is 5.84. The van der Waals surface area contributed by atoms with Gasteiger partial charge in [0, 0.05) is 6.61 Å². The average Bonchev–Trinajstić information content (AvgIpc) is 2.73. The molecule has 0 saturated carbocycles. The molecule has 0 radical (unpaired) electrons. The first kappa shape index (κ1) is 20.3. The van der Waals surface area contributed by atoms with Crippen LogP contribution in [0, 0.1) is 11.3 Å². The Balaban J connectivity index is 1.83. The van der Waals surface area contributed by atoms with E-state index in [9.17, 15) is 10.1 Å². The van der Waals surface area contributed by atoms with Crippen molar-refractivity contribution in [2.24, 2.45) is 0 Å². The molecule has 5 heteroatoms. The Hall–Kier alpha value is -2.42. The zero-order valence-electron chi connectivity index (χ0n) is 16.4. The molecule has 2 aromatic rings. The second kappa shape index (κ2) is 9.68. The van der Waals surface area contributed by atoms with Crippen LogP contribution in [0.2, 0.25) is 0 Å². The Kier molecular flexibility index (Phi) is 7.02. The Labute approximate surface area is 166 Å². The lowest BCUT2D eigenvalue weighted by molar-refractivity contribution is -0.164. The van der Waals surface area contributed by atoms with Crippen molar-refractivity contribution in [1.82, 2.24) is 0 Å². The number of carbonyl (C=O) groups is 1. The predicted octanol–water partition coefficient (Wildman–Crippen LogP) is 4.49. The van der Waals surface area contributed by atoms with Gasteiger partial charge in [-0.1, -0.05) is 36.4 Å². The lowest BCUT2D eigenvalue weighted by Gasteiger charge is -2.28. The molecular weight excluding hydrogens is 354 g/mol. The smallest absolute Gasteiger partial charge is 0.307 e. The fourth-order valence-electron chi connectivity index (χ4n) is 3.65. The highest BCUT2D eigenvalue weighted by atomic mass is 16.7. The van der Waals surface area contributed by atoms with Crippen LogP contribution in [0.25, 0.3) is 10.8 Å². The molecule has 1 aliphatic heterocycles. The van der Waals surface area contributed by atoms with Crippen LogP contribution in [0.15, 0.2) is 42.5 Å². The molecule has 0 aromatic heterocycles. The molecule has 0 spiro atoms. The molecule has 28 heavy (non-hydrogen) atoms. The van der Waals surface area contributed by atoms with Crippen LogP contribution in [-0.2, 0) is 24.4 Å². The molecule has 2 atom stereocenters. The molecule has 1 aliphatic rings. The van der Waals surface area contributed by atoms with Crippen LogP contribution in [0.5, 0.6) is 0 Å². The monoisotopic (exact) mass is 381 g/mol. The minimum atomic E-state index is -0.995. The van der Waals surface area contributed by atoms with Crippen molar-refractivity contribution in [2.45, 2.75) is 50.7 Å². The predicted molar refractivity (Wildman–Crippen MR) is 107 cm³/mol. The molecule has 2 unspecified atom stereocenters. The molecule has 1 fully saturated rings. The van der Waals surface area contributed by atoms with Crippen molar-refractivity contribution in [3.05, 3.63) is 48.0 Å². The lowest BCUT2D eigenvalue weighted by Crippen LogP contribution is -2.32. The summed E-state index contributed by atoms with van der Waals surface area (Å²) < 4.78 is 16.6. The number of fused-ring (bicyclic) bond motifs is 1. The highest BCUT2D eigenvalue weighted by Crippen LogP contribution is 2.34. The minimum absolute atomic E-state index is 0.00453. The number of carbonyl (C=O) groups excluding carboxylic acids is 1. The van der Waals surface area contributed by atoms with Crippen molar-refractivity contribution in [1.29, 1.82) is 5.26 Å². The van der Waals surface area contributed by atoms with Crippen LogP contribution in [0.3, 0.4) is 0 Å². The molecule has 1 heterocycles. The Morgan fingerprint density at radius 2 is 2.07 bits per heavy atom. The van der Waals surface area contributed by atoms with Gasteiger partial charge in [0.25, 0.3) is 0 Å². The molecule has 0 bridgehead atoms. The van der Waals surface area contributed by atoms with E-state index >= 15 is 0 Å². The molecule has 0 amide bonds. The van der Waals surface area contributed by atoms with Crippen LogP contribution in [-0.4, -0.2) is 32.1 Å². The summed E-state index contributed by atoms with van der Waals surface area (Å²) in [5, 5.41) is 12.3. The quantitative estimate of drug-likeness (QED) is 0.630. The van der Waals surface area contributed by atoms with Crippen molar-refractivity contribution >= 4 is 16.7 Å². The summed E-state index contributed by atoms with van der Waals surface area (Å²) in [6.45, 7) is 3.13. The number of benzene rings is 2. The van der Waals surface area contributed by atoms with Crippen LogP contribution in [0.1, 0.15) is 44.6 Å². The van der Waals surface area contributed by atoms with E-state index in [1.165, 1.54) is 0 Å². The first-order valence-electron chi connectivity index (χ1n) is 9.96. The van der Waals surface area contributed by atoms with E-state index in [2.05, 4.69) is 6.07 Å². The van der Waals surface area contributed by atoms with Crippen molar-refractivity contribution < 1.29 is 19.0 Å². The third-order valence-corrected chi connectivity index (χ3v) is 5.24. The summed E-state index contributed by atoms with van der Waals surface area (Å²) in [6, 6.07) is 16.3. The second-order valence-electron chi connectivity index (χ2n) is 7.15. The normalized spacial score (nSPS) is 18.9. The number of ether oxygens (including phenoxy) is 3. The fraction of sp³-hybridized carbons (Fsp3) is 0.478. The standard InChI is InChI=1S/C23H27NO4/c1-2-26-21(25)16-23(17-24,12-14-28-22-9-5-6-13-27-22)20-11-10-18-7-3-4-8-19(18)15-20/h3-4,7-8,10-11,15,22H,2,5-6,9,12-14,16H2,1H3. The molecular formula is C23H27NO4. The third kappa shape index (κ3) is 4.89. The van der Waals surface area contributed by atoms with Gasteiger partial charge in [-0.05, 0) is 55.0 Å². The number of hydrogen-bond donors (Lipinski definition) is 0. The van der Waals surface area contributed by atoms with E-state index in [4.69, 9.17) is 14.2 Å². The Morgan fingerprint density at radius 3 is 2.79 bits per heavy atom. The average molecular weight is 381 g/mol. The van der Waals surface area contributed by atoms with E-state index in [0.29, 0.717) is 26.2 Å². The lowest BCUT2D eigenvalue weighted by atomic mass is 9.76. The molecule has 0 N–H and O–H groups in total. The van der Waals surface area contributed by atoms with E-state index in [-0.39, 0.29) is 18.7 Å². The summed E-state index contributed by atoms with van der Waals surface area (Å²) in [4.78, 5) is 12.3. The van der Waals surface area contributed by atoms with Gasteiger partial charge in [0.1, 0.15) is 0 Å². The Morgan fingerprint density at radius 1 is 1.25 bits per heavy atom. The molecule has 0 aliphatic carbocycles. The zero-order chi connectivity index (χ0) is 19.8. The number of hydrogen-bond acceptors (Lipinski definition) is 5. The van der Waals surface area contributed by atoms with Gasteiger partial charge < -0.3 is 14.2 Å². The van der Waals surface area contributed by atoms with Gasteiger partial charge >= 0.3 is 5.97 Å². The van der Waals surface area contributed by atoms with Gasteiger partial charge in [0.05, 0.1) is 31.1 Å². The molecule has 148 valence electrons. The van der Waals surface area contributed by atoms with Crippen LogP contribution < -0.4 is 0 Å². The van der Waals surface area contributed by atoms with Crippen LogP contribution in [0.4, 0.5) is 0 Å². The molecule has 1 saturated heterocycles. The fourth-order valence-corrected chi connectivity index (χ4v) is 3.65. The number of nitriles is 1. The van der Waals surface area contributed by atoms with Gasteiger partial charge in [0.15, 0.2) is 6.29 Å². The van der Waals surface area contributed by atoms with Crippen molar-refractivity contribution in [3.63, 3.8) is 0 Å². The van der Waals surface area contributed by atoms with E-state index < -0.39 is 5.41 Å². The highest BCUT2D eigenvalue weighted by Gasteiger charge is 2.36. The first-order chi connectivity index (χ1) is 13.7. The second-order valence-corrected chi connectivity index (χ2v) is 7.15. The van der Waals surface area contributed by atoms with Crippen molar-refractivity contribution in [3.8, 4) is 6.07 Å². The number of nitrogens with zero attached hydrogens (tertiary/aromatic N) is 1. The zero-order valence-corrected chi connectivity index (χ0v) is 16.4. The Bertz CT molecular complexity index is 838. The maximum Gasteiger partial charge on any atom is 0.307 e. The maximum absolute atomic E-state index is 12.3. The maximum atomic E-state index is 12.3. The first-order valence-corrected chi connectivity index (χ1v) is 9.96. The largest absolute Gasteiger partial charge is 0.466 e. The number of esters is 1. The number of rotatable bonds is 8. The summed E-state index contributed by atoms with van der Waals surface area (Å²) in [7, 11) is 0. The molecule has 3 rings (SSSR count). The van der Waals surface area contributed by atoms with Gasteiger partial charge in [-0.2, -0.15) is 5.26 Å². The summed E-state index contributed by atoms with van der Waals surface area (Å²) in [5.74, 6) is -0.369. The summed E-state index contributed by atoms with van der Waals surface area (Å²) in [5.41, 5.74) is -0.180. The minimum Gasteiger partial charge on any atom is -0.466 e. The van der Waals surface area contributed by atoms with Crippen LogP contribution >= 0.6 is 0 Å².